The Morgan fingerprint density at radius 2 is 1.95 bits per heavy atom. The van der Waals surface area contributed by atoms with Gasteiger partial charge in [-0.3, -0.25) is 4.90 Å². The molecule has 0 aromatic heterocycles. The third-order valence-corrected chi connectivity index (χ3v) is 4.73. The number of hydrogen-bond donors (Lipinski definition) is 3. The van der Waals surface area contributed by atoms with Crippen LogP contribution in [0.2, 0.25) is 0 Å². The standard InChI is InChI=1S/C15H30N2O2/c18-12-5-1-3-9-16-13-15(19)8-6-11-17-10-4-2-7-14(15)17/h14,16,18-19H,1-13H2/t14-,15-/m1/s1. The van der Waals surface area contributed by atoms with Crippen molar-refractivity contribution < 1.29 is 10.2 Å². The molecule has 0 aliphatic carbocycles. The Labute approximate surface area is 117 Å². The van der Waals surface area contributed by atoms with Crippen LogP contribution in [-0.2, 0) is 0 Å². The van der Waals surface area contributed by atoms with Gasteiger partial charge in [0.05, 0.1) is 5.60 Å². The largest absolute Gasteiger partial charge is 0.396 e. The molecule has 0 unspecified atom stereocenters. The van der Waals surface area contributed by atoms with E-state index in [1.807, 2.05) is 0 Å². The topological polar surface area (TPSA) is 55.7 Å². The first kappa shape index (κ1) is 15.2. The van der Waals surface area contributed by atoms with Crippen LogP contribution < -0.4 is 5.32 Å². The Balaban J connectivity index is 1.73. The summed E-state index contributed by atoms with van der Waals surface area (Å²) in [5, 5.41) is 23.1. The molecule has 19 heavy (non-hydrogen) atoms. The van der Waals surface area contributed by atoms with E-state index < -0.39 is 5.60 Å². The van der Waals surface area contributed by atoms with Gasteiger partial charge in [0.25, 0.3) is 0 Å². The van der Waals surface area contributed by atoms with Gasteiger partial charge >= 0.3 is 0 Å². The molecule has 2 aliphatic rings. The second kappa shape index (κ2) is 7.58. The molecule has 0 aromatic carbocycles. The molecule has 2 aliphatic heterocycles. The van der Waals surface area contributed by atoms with Gasteiger partial charge in [0, 0.05) is 19.2 Å². The summed E-state index contributed by atoms with van der Waals surface area (Å²) in [6.45, 7) is 4.32. The zero-order valence-electron chi connectivity index (χ0n) is 12.1. The monoisotopic (exact) mass is 270 g/mol. The Bertz CT molecular complexity index is 261. The first-order valence-corrected chi connectivity index (χ1v) is 8.04. The van der Waals surface area contributed by atoms with E-state index in [0.717, 1.165) is 51.6 Å². The molecule has 0 aromatic rings. The van der Waals surface area contributed by atoms with Crippen molar-refractivity contribution in [1.29, 1.82) is 0 Å². The molecule has 0 saturated carbocycles. The van der Waals surface area contributed by atoms with Crippen molar-refractivity contribution >= 4 is 0 Å². The molecule has 2 fully saturated rings. The number of rotatable bonds is 7. The van der Waals surface area contributed by atoms with Crippen molar-refractivity contribution in [3.05, 3.63) is 0 Å². The average Bonchev–Trinajstić information content (AvgIpc) is 2.43. The number of unbranched alkanes of at least 4 members (excludes halogenated alkanes) is 2. The Morgan fingerprint density at radius 3 is 2.79 bits per heavy atom. The summed E-state index contributed by atoms with van der Waals surface area (Å²) in [5.74, 6) is 0. The van der Waals surface area contributed by atoms with E-state index in [9.17, 15) is 5.11 Å². The normalized spacial score (nSPS) is 32.2. The molecule has 0 spiro atoms. The van der Waals surface area contributed by atoms with Crippen LogP contribution in [-0.4, -0.2) is 59.5 Å². The van der Waals surface area contributed by atoms with Crippen LogP contribution in [0.1, 0.15) is 51.4 Å². The van der Waals surface area contributed by atoms with E-state index in [4.69, 9.17) is 5.11 Å². The minimum Gasteiger partial charge on any atom is -0.396 e. The molecule has 3 N–H and O–H groups in total. The van der Waals surface area contributed by atoms with Gasteiger partial charge in [-0.05, 0) is 64.6 Å². The van der Waals surface area contributed by atoms with Crippen molar-refractivity contribution in [3.63, 3.8) is 0 Å². The van der Waals surface area contributed by atoms with E-state index in [-0.39, 0.29) is 0 Å². The van der Waals surface area contributed by atoms with Gasteiger partial charge in [0.2, 0.25) is 0 Å². The first-order chi connectivity index (χ1) is 9.26. The molecule has 2 heterocycles. The smallest absolute Gasteiger partial charge is 0.0926 e. The van der Waals surface area contributed by atoms with Gasteiger partial charge in [-0.15, -0.1) is 0 Å². The molecule has 0 amide bonds. The fourth-order valence-electron chi connectivity index (χ4n) is 3.67. The van der Waals surface area contributed by atoms with Crippen LogP contribution in [0.4, 0.5) is 0 Å². The lowest BCUT2D eigenvalue weighted by Gasteiger charge is -2.49. The summed E-state index contributed by atoms with van der Waals surface area (Å²) in [5.41, 5.74) is -0.518. The Morgan fingerprint density at radius 1 is 1.11 bits per heavy atom. The lowest BCUT2D eigenvalue weighted by atomic mass is 9.79. The number of aliphatic hydroxyl groups is 2. The minimum absolute atomic E-state index is 0.293. The van der Waals surface area contributed by atoms with Gasteiger partial charge in [-0.2, -0.15) is 0 Å². The van der Waals surface area contributed by atoms with Crippen LogP contribution >= 0.6 is 0 Å². The molecule has 112 valence electrons. The van der Waals surface area contributed by atoms with E-state index in [1.165, 1.54) is 25.9 Å². The van der Waals surface area contributed by atoms with Crippen molar-refractivity contribution in [2.45, 2.75) is 63.0 Å². The van der Waals surface area contributed by atoms with Gasteiger partial charge in [0.15, 0.2) is 0 Å². The van der Waals surface area contributed by atoms with Gasteiger partial charge in [0.1, 0.15) is 0 Å². The molecule has 2 rings (SSSR count). The fraction of sp³-hybridized carbons (Fsp3) is 1.00. The van der Waals surface area contributed by atoms with Crippen molar-refractivity contribution in [2.24, 2.45) is 0 Å². The average molecular weight is 270 g/mol. The minimum atomic E-state index is -0.518. The van der Waals surface area contributed by atoms with Crippen LogP contribution in [0, 0.1) is 0 Å². The number of nitrogens with zero attached hydrogens (tertiary/aromatic N) is 1. The van der Waals surface area contributed by atoms with E-state index >= 15 is 0 Å². The fourth-order valence-corrected chi connectivity index (χ4v) is 3.67. The van der Waals surface area contributed by atoms with Crippen molar-refractivity contribution in [2.75, 3.05) is 32.8 Å². The molecule has 4 heteroatoms. The summed E-state index contributed by atoms with van der Waals surface area (Å²) >= 11 is 0. The van der Waals surface area contributed by atoms with E-state index in [2.05, 4.69) is 10.2 Å². The maximum absolute atomic E-state index is 10.9. The highest BCUT2D eigenvalue weighted by atomic mass is 16.3. The highest BCUT2D eigenvalue weighted by Gasteiger charge is 2.43. The lowest BCUT2D eigenvalue weighted by molar-refractivity contribution is -0.0917. The molecular weight excluding hydrogens is 240 g/mol. The predicted octanol–water partition coefficient (Wildman–Crippen LogP) is 1.12. The summed E-state index contributed by atoms with van der Waals surface area (Å²) in [6, 6.07) is 0.375. The maximum atomic E-state index is 10.9. The Kier molecular flexibility index (Phi) is 6.07. The molecule has 0 bridgehead atoms. The van der Waals surface area contributed by atoms with Crippen molar-refractivity contribution in [1.82, 2.24) is 10.2 Å². The highest BCUT2D eigenvalue weighted by Crippen LogP contribution is 2.33. The quantitative estimate of drug-likeness (QED) is 0.607. The molecule has 2 saturated heterocycles. The summed E-state index contributed by atoms with van der Waals surface area (Å²) < 4.78 is 0. The van der Waals surface area contributed by atoms with Crippen LogP contribution in [0.3, 0.4) is 0 Å². The first-order valence-electron chi connectivity index (χ1n) is 8.04. The Hall–Kier alpha value is -0.160. The van der Waals surface area contributed by atoms with Gasteiger partial charge < -0.3 is 15.5 Å². The number of fused-ring (bicyclic) bond motifs is 1. The number of piperidine rings is 2. The SMILES string of the molecule is OCCCCCNC[C@]1(O)CCCN2CCCC[C@@H]21. The second-order valence-corrected chi connectivity index (χ2v) is 6.22. The van der Waals surface area contributed by atoms with Crippen LogP contribution in [0.15, 0.2) is 0 Å². The third-order valence-electron chi connectivity index (χ3n) is 4.73. The second-order valence-electron chi connectivity index (χ2n) is 6.22. The number of hydrogen-bond acceptors (Lipinski definition) is 4. The molecule has 0 radical (unpaired) electrons. The molecule has 4 nitrogen and oxygen atoms in total. The number of nitrogens with one attached hydrogen (secondary N) is 1. The maximum Gasteiger partial charge on any atom is 0.0926 e. The van der Waals surface area contributed by atoms with Crippen LogP contribution in [0.25, 0.3) is 0 Å². The third kappa shape index (κ3) is 4.15. The zero-order valence-corrected chi connectivity index (χ0v) is 12.1. The molecular formula is C15H30N2O2. The van der Waals surface area contributed by atoms with Crippen LogP contribution in [0.5, 0.6) is 0 Å². The number of aliphatic hydroxyl groups excluding tert-OH is 1. The summed E-state index contributed by atoms with van der Waals surface area (Å²) in [4.78, 5) is 2.50. The lowest BCUT2D eigenvalue weighted by Crippen LogP contribution is -2.62. The van der Waals surface area contributed by atoms with Gasteiger partial charge in [-0.25, -0.2) is 0 Å². The van der Waals surface area contributed by atoms with Gasteiger partial charge in [-0.1, -0.05) is 6.42 Å². The zero-order chi connectivity index (χ0) is 13.6. The van der Waals surface area contributed by atoms with Crippen molar-refractivity contribution in [3.8, 4) is 0 Å². The summed E-state index contributed by atoms with van der Waals surface area (Å²) in [7, 11) is 0. The van der Waals surface area contributed by atoms with E-state index in [1.54, 1.807) is 0 Å². The molecule has 2 atom stereocenters. The predicted molar refractivity (Wildman–Crippen MR) is 77.2 cm³/mol. The highest BCUT2D eigenvalue weighted by molar-refractivity contribution is 4.99. The summed E-state index contributed by atoms with van der Waals surface area (Å²) in [6.07, 6.45) is 8.83. The van der Waals surface area contributed by atoms with E-state index in [0.29, 0.717) is 12.6 Å².